The zero-order chi connectivity index (χ0) is 16.3. The van der Waals surface area contributed by atoms with Crippen LogP contribution in [-0.4, -0.2) is 12.0 Å². The number of hydrogen-bond donors (Lipinski definition) is 1. The molecule has 8 heteroatoms. The van der Waals surface area contributed by atoms with Crippen molar-refractivity contribution in [1.82, 2.24) is 5.32 Å². The van der Waals surface area contributed by atoms with Crippen LogP contribution >= 0.6 is 23.2 Å². The quantitative estimate of drug-likeness (QED) is 0.887. The molecular formula is C14H7Cl2F2NO3. The minimum Gasteiger partial charge on any atom is -0.407 e. The van der Waals surface area contributed by atoms with Gasteiger partial charge in [0.1, 0.15) is 5.82 Å². The lowest BCUT2D eigenvalue weighted by Crippen LogP contribution is -2.33. The maximum atomic E-state index is 13.3. The van der Waals surface area contributed by atoms with E-state index in [1.54, 1.807) is 0 Å². The predicted octanol–water partition coefficient (Wildman–Crippen LogP) is 4.20. The van der Waals surface area contributed by atoms with E-state index in [1.807, 2.05) is 5.32 Å². The molecule has 0 unspecified atom stereocenters. The first-order valence-electron chi connectivity index (χ1n) is 5.80. The normalized spacial score (nSPS) is 10.2. The Morgan fingerprint density at radius 3 is 2.27 bits per heavy atom. The van der Waals surface area contributed by atoms with Crippen LogP contribution in [0.4, 0.5) is 13.6 Å². The van der Waals surface area contributed by atoms with E-state index in [-0.39, 0.29) is 15.6 Å². The number of carbonyl (C=O) groups is 2. The Balaban J connectivity index is 2.10. The van der Waals surface area contributed by atoms with E-state index in [9.17, 15) is 18.4 Å². The number of benzene rings is 2. The van der Waals surface area contributed by atoms with Crippen LogP contribution in [0, 0.1) is 11.6 Å². The highest BCUT2D eigenvalue weighted by molar-refractivity contribution is 6.40. The summed E-state index contributed by atoms with van der Waals surface area (Å²) in [5, 5.41) is 1.91. The second-order valence-electron chi connectivity index (χ2n) is 4.02. The average molecular weight is 346 g/mol. The lowest BCUT2D eigenvalue weighted by Gasteiger charge is -2.08. The number of nitrogens with one attached hydrogen (secondary N) is 1. The van der Waals surface area contributed by atoms with Crippen molar-refractivity contribution in [2.75, 3.05) is 0 Å². The van der Waals surface area contributed by atoms with Crippen molar-refractivity contribution in [2.24, 2.45) is 0 Å². The van der Waals surface area contributed by atoms with Crippen LogP contribution in [0.1, 0.15) is 10.4 Å². The molecule has 2 amide bonds. The number of ether oxygens (including phenoxy) is 1. The Kier molecular flexibility index (Phi) is 4.95. The number of halogens is 4. The first-order chi connectivity index (χ1) is 10.4. The van der Waals surface area contributed by atoms with Crippen molar-refractivity contribution >= 4 is 35.2 Å². The standard InChI is InChI=1S/C14H7Cl2F2NO3/c15-8-2-1-3-9(16)12(8)13(20)19-14(21)22-11-5-4-7(17)6-10(11)18/h1-6H,(H,19,20,21). The maximum Gasteiger partial charge on any atom is 0.419 e. The first-order valence-corrected chi connectivity index (χ1v) is 6.56. The molecule has 0 atom stereocenters. The van der Waals surface area contributed by atoms with Gasteiger partial charge >= 0.3 is 6.09 Å². The van der Waals surface area contributed by atoms with E-state index in [0.717, 1.165) is 12.1 Å². The molecule has 2 aromatic carbocycles. The van der Waals surface area contributed by atoms with Crippen molar-refractivity contribution in [1.29, 1.82) is 0 Å². The molecular weight excluding hydrogens is 339 g/mol. The topological polar surface area (TPSA) is 55.4 Å². The van der Waals surface area contributed by atoms with Gasteiger partial charge < -0.3 is 4.74 Å². The van der Waals surface area contributed by atoms with E-state index in [4.69, 9.17) is 23.2 Å². The number of imide groups is 1. The first kappa shape index (κ1) is 16.2. The molecule has 2 aromatic rings. The summed E-state index contributed by atoms with van der Waals surface area (Å²) in [6.07, 6.45) is -1.26. The summed E-state index contributed by atoms with van der Waals surface area (Å²) < 4.78 is 30.6. The van der Waals surface area contributed by atoms with E-state index in [0.29, 0.717) is 6.07 Å². The third-order valence-corrected chi connectivity index (χ3v) is 3.13. The summed E-state index contributed by atoms with van der Waals surface area (Å²) in [6.45, 7) is 0. The highest BCUT2D eigenvalue weighted by Crippen LogP contribution is 2.24. The molecule has 0 fully saturated rings. The monoisotopic (exact) mass is 345 g/mol. The summed E-state index contributed by atoms with van der Waals surface area (Å²) in [6, 6.07) is 6.69. The molecule has 0 radical (unpaired) electrons. The molecule has 22 heavy (non-hydrogen) atoms. The fourth-order valence-electron chi connectivity index (χ4n) is 1.55. The molecule has 1 N–H and O–H groups in total. The Morgan fingerprint density at radius 2 is 1.68 bits per heavy atom. The third kappa shape index (κ3) is 3.72. The largest absolute Gasteiger partial charge is 0.419 e. The Morgan fingerprint density at radius 1 is 1.05 bits per heavy atom. The van der Waals surface area contributed by atoms with E-state index in [2.05, 4.69) is 4.74 Å². The molecule has 0 aliphatic carbocycles. The molecule has 114 valence electrons. The lowest BCUT2D eigenvalue weighted by atomic mass is 10.2. The van der Waals surface area contributed by atoms with Crippen LogP contribution in [0.15, 0.2) is 36.4 Å². The Hall–Kier alpha value is -2.18. The van der Waals surface area contributed by atoms with Crippen LogP contribution in [0.2, 0.25) is 10.0 Å². The van der Waals surface area contributed by atoms with Gasteiger partial charge in [-0.3, -0.25) is 10.1 Å². The van der Waals surface area contributed by atoms with Crippen LogP contribution in [0.3, 0.4) is 0 Å². The fraction of sp³-hybridized carbons (Fsp3) is 0. The van der Waals surface area contributed by atoms with Gasteiger partial charge in [0.25, 0.3) is 5.91 Å². The average Bonchev–Trinajstić information content (AvgIpc) is 2.41. The molecule has 0 bridgehead atoms. The number of hydrogen-bond acceptors (Lipinski definition) is 3. The highest BCUT2D eigenvalue weighted by Gasteiger charge is 2.19. The predicted molar refractivity (Wildman–Crippen MR) is 76.3 cm³/mol. The van der Waals surface area contributed by atoms with Gasteiger partial charge in [-0.15, -0.1) is 0 Å². The highest BCUT2D eigenvalue weighted by atomic mass is 35.5. The Bertz CT molecular complexity index is 733. The molecule has 0 heterocycles. The fourth-order valence-corrected chi connectivity index (χ4v) is 2.12. The van der Waals surface area contributed by atoms with Crippen molar-refractivity contribution in [2.45, 2.75) is 0 Å². The molecule has 4 nitrogen and oxygen atoms in total. The maximum absolute atomic E-state index is 13.3. The molecule has 0 spiro atoms. The molecule has 0 aliphatic heterocycles. The minimum absolute atomic E-state index is 0.0331. The summed E-state index contributed by atoms with van der Waals surface area (Å²) >= 11 is 11.6. The molecule has 0 aromatic heterocycles. The molecule has 0 aliphatic rings. The van der Waals surface area contributed by atoms with Crippen molar-refractivity contribution < 1.29 is 23.1 Å². The van der Waals surface area contributed by atoms with Gasteiger partial charge in [0.05, 0.1) is 15.6 Å². The van der Waals surface area contributed by atoms with Crippen molar-refractivity contribution in [3.63, 3.8) is 0 Å². The second kappa shape index (κ2) is 6.72. The van der Waals surface area contributed by atoms with Gasteiger partial charge in [-0.1, -0.05) is 29.3 Å². The lowest BCUT2D eigenvalue weighted by molar-refractivity contribution is 0.0950. The second-order valence-corrected chi connectivity index (χ2v) is 4.83. The van der Waals surface area contributed by atoms with E-state index in [1.165, 1.54) is 18.2 Å². The SMILES string of the molecule is O=C(NC(=O)c1c(Cl)cccc1Cl)Oc1ccc(F)cc1F. The smallest absolute Gasteiger partial charge is 0.407 e. The number of amides is 2. The van der Waals surface area contributed by atoms with Gasteiger partial charge in [0.15, 0.2) is 11.6 Å². The van der Waals surface area contributed by atoms with Crippen LogP contribution in [0.25, 0.3) is 0 Å². The van der Waals surface area contributed by atoms with Gasteiger partial charge in [-0.2, -0.15) is 0 Å². The zero-order valence-corrected chi connectivity index (χ0v) is 12.2. The zero-order valence-electron chi connectivity index (χ0n) is 10.7. The molecule has 0 saturated heterocycles. The Labute approximate surface area is 133 Å². The van der Waals surface area contributed by atoms with Gasteiger partial charge in [-0.05, 0) is 24.3 Å². The third-order valence-electron chi connectivity index (χ3n) is 2.50. The summed E-state index contributed by atoms with van der Waals surface area (Å²) in [5.41, 5.74) is -0.123. The molecule has 2 rings (SSSR count). The van der Waals surface area contributed by atoms with Crippen molar-refractivity contribution in [3.8, 4) is 5.75 Å². The summed E-state index contributed by atoms with van der Waals surface area (Å²) in [5.74, 6) is -3.36. The molecule has 0 saturated carbocycles. The summed E-state index contributed by atoms with van der Waals surface area (Å²) in [7, 11) is 0. The van der Waals surface area contributed by atoms with Gasteiger partial charge in [0.2, 0.25) is 0 Å². The van der Waals surface area contributed by atoms with Crippen LogP contribution in [0.5, 0.6) is 5.75 Å². The van der Waals surface area contributed by atoms with Crippen LogP contribution < -0.4 is 10.1 Å². The van der Waals surface area contributed by atoms with Gasteiger partial charge in [-0.25, -0.2) is 13.6 Å². The minimum atomic E-state index is -1.26. The summed E-state index contributed by atoms with van der Waals surface area (Å²) in [4.78, 5) is 23.4. The van der Waals surface area contributed by atoms with E-state index >= 15 is 0 Å². The number of carbonyl (C=O) groups excluding carboxylic acids is 2. The van der Waals surface area contributed by atoms with Gasteiger partial charge in [0, 0.05) is 6.07 Å². The van der Waals surface area contributed by atoms with Crippen LogP contribution in [-0.2, 0) is 0 Å². The van der Waals surface area contributed by atoms with Crippen molar-refractivity contribution in [3.05, 3.63) is 63.6 Å². The number of rotatable bonds is 2. The van der Waals surface area contributed by atoms with E-state index < -0.39 is 29.4 Å².